The van der Waals surface area contributed by atoms with Crippen molar-refractivity contribution in [3.05, 3.63) is 12.2 Å². The summed E-state index contributed by atoms with van der Waals surface area (Å²) < 4.78 is 0. The summed E-state index contributed by atoms with van der Waals surface area (Å²) in [6, 6.07) is 0. The maximum atomic E-state index is 5.58. The molecule has 8 heavy (non-hydrogen) atoms. The summed E-state index contributed by atoms with van der Waals surface area (Å²) >= 11 is 11.2. The number of halogens is 2. The summed E-state index contributed by atoms with van der Waals surface area (Å²) in [5.41, 5.74) is 0. The third-order valence-corrected chi connectivity index (χ3v) is 0.932. The van der Waals surface area contributed by atoms with Crippen molar-refractivity contribution >= 4 is 23.2 Å². The van der Waals surface area contributed by atoms with Crippen molar-refractivity contribution in [1.82, 2.24) is 0 Å². The van der Waals surface area contributed by atoms with E-state index in [0.29, 0.717) is 0 Å². The van der Waals surface area contributed by atoms with Gasteiger partial charge in [0.15, 0.2) is 0 Å². The second-order valence-electron chi connectivity index (χ2n) is 1.74. The van der Waals surface area contributed by atoms with Crippen LogP contribution in [0, 0.1) is 0 Å². The zero-order valence-electron chi connectivity index (χ0n) is 5.07. The molecule has 0 heterocycles. The summed E-state index contributed by atoms with van der Waals surface area (Å²) in [5.74, 6) is 0. The first kappa shape index (κ1) is 8.32. The van der Waals surface area contributed by atoms with Crippen LogP contribution < -0.4 is 0 Å². The van der Waals surface area contributed by atoms with E-state index >= 15 is 0 Å². The maximum Gasteiger partial charge on any atom is 0.0488 e. The first-order chi connectivity index (χ1) is 3.63. The lowest BCUT2D eigenvalue weighted by atomic mass is 10.3. The van der Waals surface area contributed by atoms with Crippen LogP contribution in [-0.4, -0.2) is 10.8 Å². The highest BCUT2D eigenvalue weighted by Gasteiger charge is 1.88. The van der Waals surface area contributed by atoms with Crippen molar-refractivity contribution in [2.75, 3.05) is 0 Å². The molecule has 0 rings (SSSR count). The highest BCUT2D eigenvalue weighted by Crippen LogP contribution is 2.00. The topological polar surface area (TPSA) is 0 Å². The van der Waals surface area contributed by atoms with Gasteiger partial charge in [-0.05, 0) is 13.8 Å². The molecule has 0 unspecified atom stereocenters. The van der Waals surface area contributed by atoms with Crippen LogP contribution in [0.2, 0.25) is 0 Å². The highest BCUT2D eigenvalue weighted by atomic mass is 35.5. The summed E-state index contributed by atoms with van der Waals surface area (Å²) in [6.45, 7) is 3.80. The van der Waals surface area contributed by atoms with Crippen LogP contribution in [0.25, 0.3) is 0 Å². The Hall–Kier alpha value is 0.320. The molecule has 0 saturated heterocycles. The van der Waals surface area contributed by atoms with E-state index in [1.165, 1.54) is 0 Å². The Morgan fingerprint density at radius 2 is 1.25 bits per heavy atom. The Bertz CT molecular complexity index is 64.6. The van der Waals surface area contributed by atoms with Crippen LogP contribution in [0.4, 0.5) is 0 Å². The molecule has 0 N–H and O–H groups in total. The molecule has 0 aliphatic rings. The Morgan fingerprint density at radius 3 is 1.38 bits per heavy atom. The molecule has 0 bridgehead atoms. The minimum atomic E-state index is 0.0937. The minimum Gasteiger partial charge on any atom is -0.119 e. The lowest BCUT2D eigenvalue weighted by Gasteiger charge is -1.92. The fourth-order valence-electron chi connectivity index (χ4n) is 0.306. The smallest absolute Gasteiger partial charge is 0.0488 e. The Morgan fingerprint density at radius 1 is 1.00 bits per heavy atom. The van der Waals surface area contributed by atoms with E-state index in [4.69, 9.17) is 23.2 Å². The van der Waals surface area contributed by atoms with E-state index in [-0.39, 0.29) is 10.8 Å². The molecule has 2 heteroatoms. The van der Waals surface area contributed by atoms with Crippen molar-refractivity contribution in [2.45, 2.75) is 24.6 Å². The molecular formula is C6H10Cl2. The zero-order valence-corrected chi connectivity index (χ0v) is 6.58. The molecule has 2 atom stereocenters. The number of allylic oxidation sites excluding steroid dienone is 2. The second-order valence-corrected chi connectivity index (χ2v) is 3.12. The lowest BCUT2D eigenvalue weighted by molar-refractivity contribution is 1.16. The first-order valence-electron chi connectivity index (χ1n) is 2.59. The van der Waals surface area contributed by atoms with Crippen molar-refractivity contribution < 1.29 is 0 Å². The van der Waals surface area contributed by atoms with Gasteiger partial charge in [-0.25, -0.2) is 0 Å². The normalized spacial score (nSPS) is 19.0. The van der Waals surface area contributed by atoms with Crippen molar-refractivity contribution in [3.63, 3.8) is 0 Å². The maximum absolute atomic E-state index is 5.58. The molecule has 48 valence electrons. The van der Waals surface area contributed by atoms with Crippen LogP contribution in [-0.2, 0) is 0 Å². The van der Waals surface area contributed by atoms with Crippen molar-refractivity contribution in [3.8, 4) is 0 Å². The zero-order chi connectivity index (χ0) is 6.57. The van der Waals surface area contributed by atoms with Crippen LogP contribution in [0.5, 0.6) is 0 Å². The standard InChI is InChI=1S/C6H10Cl2/c1-5(7)3-4-6(2)8/h3-6H,1-2H3/b4-3+/t5-,6-/m0/s1. The SMILES string of the molecule is C[C@H](Cl)/C=C/[C@H](C)Cl. The quantitative estimate of drug-likeness (QED) is 0.422. The molecule has 0 aliphatic carbocycles. The Labute approximate surface area is 60.5 Å². The molecule has 0 aromatic rings. The van der Waals surface area contributed by atoms with Gasteiger partial charge in [0.25, 0.3) is 0 Å². The summed E-state index contributed by atoms with van der Waals surface area (Å²) in [5, 5.41) is 0.187. The molecular weight excluding hydrogens is 143 g/mol. The van der Waals surface area contributed by atoms with Gasteiger partial charge in [0.2, 0.25) is 0 Å². The van der Waals surface area contributed by atoms with Gasteiger partial charge in [-0.3, -0.25) is 0 Å². The third kappa shape index (κ3) is 6.32. The van der Waals surface area contributed by atoms with Gasteiger partial charge in [0.05, 0.1) is 0 Å². The molecule has 0 fully saturated rings. The average molecular weight is 153 g/mol. The largest absolute Gasteiger partial charge is 0.119 e. The summed E-state index contributed by atoms with van der Waals surface area (Å²) in [6.07, 6.45) is 3.75. The van der Waals surface area contributed by atoms with Gasteiger partial charge in [-0.15, -0.1) is 23.2 Å². The average Bonchev–Trinajstić information content (AvgIpc) is 1.61. The van der Waals surface area contributed by atoms with Crippen molar-refractivity contribution in [1.29, 1.82) is 0 Å². The summed E-state index contributed by atoms with van der Waals surface area (Å²) in [4.78, 5) is 0. The van der Waals surface area contributed by atoms with Gasteiger partial charge in [0.1, 0.15) is 0 Å². The second kappa shape index (κ2) is 4.22. The molecule has 0 nitrogen and oxygen atoms in total. The fraction of sp³-hybridized carbons (Fsp3) is 0.667. The van der Waals surface area contributed by atoms with Gasteiger partial charge in [0, 0.05) is 10.8 Å². The number of rotatable bonds is 2. The van der Waals surface area contributed by atoms with E-state index in [1.54, 1.807) is 0 Å². The van der Waals surface area contributed by atoms with Crippen molar-refractivity contribution in [2.24, 2.45) is 0 Å². The molecule has 0 aliphatic heterocycles. The monoisotopic (exact) mass is 152 g/mol. The predicted octanol–water partition coefficient (Wildman–Crippen LogP) is 2.80. The Kier molecular flexibility index (Phi) is 4.39. The van der Waals surface area contributed by atoms with E-state index in [2.05, 4.69) is 0 Å². The molecule has 0 amide bonds. The first-order valence-corrected chi connectivity index (χ1v) is 3.46. The van der Waals surface area contributed by atoms with E-state index in [1.807, 2.05) is 26.0 Å². The molecule has 0 radical (unpaired) electrons. The molecule has 0 aromatic carbocycles. The van der Waals surface area contributed by atoms with Crippen LogP contribution in [0.15, 0.2) is 12.2 Å². The van der Waals surface area contributed by atoms with Gasteiger partial charge in [-0.2, -0.15) is 0 Å². The van der Waals surface area contributed by atoms with E-state index in [9.17, 15) is 0 Å². The molecule has 0 saturated carbocycles. The van der Waals surface area contributed by atoms with Gasteiger partial charge < -0.3 is 0 Å². The van der Waals surface area contributed by atoms with Crippen LogP contribution in [0.1, 0.15) is 13.8 Å². The van der Waals surface area contributed by atoms with E-state index < -0.39 is 0 Å². The minimum absolute atomic E-state index is 0.0937. The predicted molar refractivity (Wildman–Crippen MR) is 39.8 cm³/mol. The van der Waals surface area contributed by atoms with Gasteiger partial charge in [-0.1, -0.05) is 12.2 Å². The number of hydrogen-bond donors (Lipinski definition) is 0. The van der Waals surface area contributed by atoms with Gasteiger partial charge >= 0.3 is 0 Å². The lowest BCUT2D eigenvalue weighted by Crippen LogP contribution is -1.86. The Balaban J connectivity index is 3.34. The van der Waals surface area contributed by atoms with Crippen LogP contribution in [0.3, 0.4) is 0 Å². The third-order valence-electron chi connectivity index (χ3n) is 0.641. The molecule has 0 aromatic heterocycles. The number of hydrogen-bond acceptors (Lipinski definition) is 0. The highest BCUT2D eigenvalue weighted by molar-refractivity contribution is 6.22. The van der Waals surface area contributed by atoms with E-state index in [0.717, 1.165) is 0 Å². The summed E-state index contributed by atoms with van der Waals surface area (Å²) in [7, 11) is 0. The molecule has 0 spiro atoms. The van der Waals surface area contributed by atoms with Crippen LogP contribution >= 0.6 is 23.2 Å². The number of alkyl halides is 2. The fourth-order valence-corrected chi connectivity index (χ4v) is 0.474.